The summed E-state index contributed by atoms with van der Waals surface area (Å²) in [6.07, 6.45) is -6.02. The molecule has 1 saturated heterocycles. The van der Waals surface area contributed by atoms with Crippen LogP contribution in [0.5, 0.6) is 0 Å². The Bertz CT molecular complexity index is 1960. The molecule has 0 bridgehead atoms. The van der Waals surface area contributed by atoms with Crippen LogP contribution in [0.3, 0.4) is 0 Å². The summed E-state index contributed by atoms with van der Waals surface area (Å²) in [5, 5.41) is 34.1. The van der Waals surface area contributed by atoms with Crippen LogP contribution < -0.4 is 22.1 Å². The number of carboxylic acid groups (broad SMARTS) is 1. The Labute approximate surface area is 346 Å². The van der Waals surface area contributed by atoms with Crippen molar-refractivity contribution >= 4 is 75.1 Å². The number of carbonyl (C=O) groups is 4. The highest BCUT2D eigenvalue weighted by atomic mass is 32.2. The number of ether oxygens (including phenoxy) is 1. The second-order valence-corrected chi connectivity index (χ2v) is 18.7. The number of nitrogens with two attached hydrogens (primary N) is 2. The molecular weight excluding hydrogens is 889 g/mol. The van der Waals surface area contributed by atoms with Gasteiger partial charge in [-0.2, -0.15) is 4.31 Å². The van der Waals surface area contributed by atoms with Gasteiger partial charge in [0, 0.05) is 42.7 Å². The Hall–Kier alpha value is -3.27. The average Bonchev–Trinajstić information content (AvgIpc) is 3.70. The van der Waals surface area contributed by atoms with Crippen LogP contribution >= 0.6 is 35.2 Å². The number of carboxylic acids is 1. The van der Waals surface area contributed by atoms with E-state index in [1.165, 1.54) is 20.8 Å². The van der Waals surface area contributed by atoms with Crippen molar-refractivity contribution in [2.24, 2.45) is 11.1 Å². The van der Waals surface area contributed by atoms with Crippen molar-refractivity contribution in [1.82, 2.24) is 30.2 Å². The summed E-state index contributed by atoms with van der Waals surface area (Å²) in [5.41, 5.74) is 9.78. The third-order valence-corrected chi connectivity index (χ3v) is 11.7. The van der Waals surface area contributed by atoms with E-state index < -0.39 is 90.5 Å². The number of thioether (sulfide) groups is 1. The van der Waals surface area contributed by atoms with Crippen LogP contribution in [0.2, 0.25) is 0 Å². The molecular formula is C29H49N8O19P3S. The van der Waals surface area contributed by atoms with Crippen molar-refractivity contribution in [3.63, 3.8) is 0 Å². The molecule has 13 N–H and O–H groups in total. The van der Waals surface area contributed by atoms with Crippen LogP contribution in [-0.2, 0) is 55.5 Å². The van der Waals surface area contributed by atoms with E-state index in [-0.39, 0.29) is 47.2 Å². The fraction of sp³-hybridized carbons (Fsp3) is 0.621. The van der Waals surface area contributed by atoms with E-state index in [0.29, 0.717) is 25.1 Å². The smallest absolute Gasteiger partial charge is 0.478 e. The molecule has 0 spiro atoms. The number of aliphatic hydroxyl groups is 2. The minimum absolute atomic E-state index is 0.0293. The Morgan fingerprint density at radius 1 is 1.05 bits per heavy atom. The van der Waals surface area contributed by atoms with E-state index in [4.69, 9.17) is 30.4 Å². The van der Waals surface area contributed by atoms with Crippen molar-refractivity contribution in [1.29, 1.82) is 0 Å². The molecule has 1 fully saturated rings. The molecule has 7 atom stereocenters. The number of amides is 2. The van der Waals surface area contributed by atoms with Gasteiger partial charge in [0.1, 0.15) is 36.3 Å². The summed E-state index contributed by atoms with van der Waals surface area (Å²) in [4.78, 5) is 96.6. The number of aromatic nitrogens is 4. The lowest BCUT2D eigenvalue weighted by Crippen LogP contribution is -2.46. The number of anilines is 1. The van der Waals surface area contributed by atoms with Gasteiger partial charge in [-0.15, -0.1) is 0 Å². The summed E-state index contributed by atoms with van der Waals surface area (Å²) in [6.45, 7) is 5.47. The van der Waals surface area contributed by atoms with Crippen molar-refractivity contribution in [3.8, 4) is 0 Å². The molecule has 60 heavy (non-hydrogen) atoms. The number of hydrogen-bond donors (Lipinski definition) is 11. The quantitative estimate of drug-likeness (QED) is 0.0363. The van der Waals surface area contributed by atoms with Gasteiger partial charge in [-0.25, -0.2) is 33.4 Å². The summed E-state index contributed by atoms with van der Waals surface area (Å²) >= 11 is 1.05. The predicted octanol–water partition coefficient (Wildman–Crippen LogP) is -0.949. The van der Waals surface area contributed by atoms with Gasteiger partial charge in [-0.3, -0.25) is 32.5 Å². The summed E-state index contributed by atoms with van der Waals surface area (Å²) in [6, 6.07) is 0. The van der Waals surface area contributed by atoms with Gasteiger partial charge in [-0.05, 0) is 19.9 Å². The van der Waals surface area contributed by atoms with Gasteiger partial charge in [0.05, 0.1) is 19.5 Å². The molecule has 3 unspecified atom stereocenters. The number of phosphoric acid groups is 3. The Morgan fingerprint density at radius 2 is 1.68 bits per heavy atom. The van der Waals surface area contributed by atoms with E-state index in [9.17, 15) is 62.7 Å². The van der Waals surface area contributed by atoms with Gasteiger partial charge in [0.2, 0.25) is 11.8 Å². The zero-order valence-corrected chi connectivity index (χ0v) is 35.8. The maximum absolute atomic E-state index is 12.6. The first kappa shape index (κ1) is 52.9. The molecule has 0 aromatic carbocycles. The lowest BCUT2D eigenvalue weighted by molar-refractivity contribution is -0.137. The molecule has 1 aliphatic heterocycles. The van der Waals surface area contributed by atoms with Gasteiger partial charge in [0.15, 0.2) is 22.8 Å². The minimum Gasteiger partial charge on any atom is -0.478 e. The number of imidazole rings is 1. The number of aliphatic carboxylic acids is 1. The maximum atomic E-state index is 12.6. The van der Waals surface area contributed by atoms with Crippen LogP contribution in [-0.4, -0.2) is 140 Å². The number of carbonyl (C=O) groups excluding carboxylic acids is 3. The van der Waals surface area contributed by atoms with Crippen molar-refractivity contribution in [3.05, 3.63) is 24.8 Å². The summed E-state index contributed by atoms with van der Waals surface area (Å²) in [7, 11) is -16.4. The molecule has 27 nitrogen and oxygen atoms in total. The van der Waals surface area contributed by atoms with Crippen molar-refractivity contribution in [2.45, 2.75) is 70.7 Å². The number of phosphoric ester groups is 3. The second kappa shape index (κ2) is 23.3. The Balaban J connectivity index is 0.00000192. The topological polar surface area (TPSA) is 427 Å². The number of rotatable bonds is 23. The first-order valence-corrected chi connectivity index (χ1v) is 22.8. The second-order valence-electron chi connectivity index (χ2n) is 13.3. The van der Waals surface area contributed by atoms with E-state index in [0.717, 1.165) is 29.0 Å². The number of aliphatic hydroxyl groups excluding tert-OH is 2. The molecule has 0 saturated carbocycles. The summed E-state index contributed by atoms with van der Waals surface area (Å²) in [5.74, 6) is -2.06. The van der Waals surface area contributed by atoms with Crippen LogP contribution in [0.25, 0.3) is 11.2 Å². The largest absolute Gasteiger partial charge is 0.481 e. The molecule has 31 heteroatoms. The number of nitrogens with one attached hydrogen (secondary N) is 2. The van der Waals surface area contributed by atoms with Gasteiger partial charge in [0.25, 0.3) is 0 Å². The highest BCUT2D eigenvalue weighted by Gasteiger charge is 2.50. The lowest BCUT2D eigenvalue weighted by atomic mass is 9.87. The minimum atomic E-state index is -5.57. The zero-order chi connectivity index (χ0) is 45.6. The van der Waals surface area contributed by atoms with E-state index in [2.05, 4.69) is 41.0 Å². The normalized spacial score (nSPS) is 20.6. The third-order valence-electron chi connectivity index (χ3n) is 7.71. The highest BCUT2D eigenvalue weighted by molar-refractivity contribution is 8.13. The van der Waals surface area contributed by atoms with E-state index >= 15 is 0 Å². The first-order valence-electron chi connectivity index (χ1n) is 17.3. The number of hydrogen-bond acceptors (Lipinski definition) is 20. The molecule has 2 amide bonds. The average molecular weight is 939 g/mol. The SMILES string of the molecule is C=C(C)C(=O)O.CC(C)(COP(=O)(O)OP(=O)(O)OC[C@H]1O[C@@H](n2cnc3c(N)ncnc32)[C@H](O)[C@@H]1OP(=O)(O)O)C(O)C(=O)NCCC(=O)NCCSC(=O)CCCN. The van der Waals surface area contributed by atoms with Crippen LogP contribution in [0.1, 0.15) is 46.3 Å². The maximum Gasteiger partial charge on any atom is 0.481 e. The molecule has 1 aliphatic rings. The predicted molar refractivity (Wildman–Crippen MR) is 208 cm³/mol. The van der Waals surface area contributed by atoms with Crippen LogP contribution in [0.4, 0.5) is 5.82 Å². The van der Waals surface area contributed by atoms with Crippen LogP contribution in [0, 0.1) is 5.41 Å². The molecule has 0 aliphatic carbocycles. The first-order chi connectivity index (χ1) is 27.7. The molecule has 3 rings (SSSR count). The number of nitrogen functional groups attached to an aromatic ring is 1. The van der Waals surface area contributed by atoms with Crippen LogP contribution in [0.15, 0.2) is 24.8 Å². The van der Waals surface area contributed by atoms with E-state index in [1.54, 1.807) is 0 Å². The van der Waals surface area contributed by atoms with Gasteiger partial charge in [-0.1, -0.05) is 32.2 Å². The van der Waals surface area contributed by atoms with Gasteiger partial charge >= 0.3 is 29.4 Å². The Kier molecular flexibility index (Phi) is 20.5. The summed E-state index contributed by atoms with van der Waals surface area (Å²) < 4.78 is 62.0. The van der Waals surface area contributed by atoms with Crippen molar-refractivity contribution in [2.75, 3.05) is 44.3 Å². The lowest BCUT2D eigenvalue weighted by Gasteiger charge is -2.30. The molecule has 0 radical (unpaired) electrons. The highest BCUT2D eigenvalue weighted by Crippen LogP contribution is 2.61. The molecule has 3 heterocycles. The zero-order valence-electron chi connectivity index (χ0n) is 32.3. The fourth-order valence-electron chi connectivity index (χ4n) is 4.61. The molecule has 2 aromatic rings. The fourth-order valence-corrected chi connectivity index (χ4v) is 8.16. The monoisotopic (exact) mass is 938 g/mol. The molecule has 340 valence electrons. The van der Waals surface area contributed by atoms with Gasteiger partial charge < -0.3 is 61.7 Å². The van der Waals surface area contributed by atoms with Crippen molar-refractivity contribution < 1.29 is 90.4 Å². The third kappa shape index (κ3) is 17.6. The number of nitrogens with zero attached hydrogens (tertiary/aromatic N) is 4. The Morgan fingerprint density at radius 3 is 2.28 bits per heavy atom. The van der Waals surface area contributed by atoms with E-state index in [1.807, 2.05) is 0 Å². The number of fused-ring (bicyclic) bond motifs is 1. The molecule has 2 aromatic heterocycles. The standard InChI is InChI=1S/C25H43N8O17P3S.C4H6O2/c1-25(2,20(37)23(38)29-7-5-15(34)28-8-9-54-16(35)4-3-6-26)11-47-53(44,45)50-52(42,43)46-10-14-19(49-51(39,40)41)18(36)24(48-14)33-13-32-17-21(27)30-12-31-22(17)33;1-3(2)4(5)6/h12-14,18-20,24,36-37H,3-11,26H2,1-2H3,(H,28,34)(H,29,38)(H,42,43)(H,44,45)(H2,27,30,31)(H2,39,40,41);1H2,2H3,(H,5,6)/t14-,18-,19-,20?,24-;/m1./s1.